The first kappa shape index (κ1) is 14.8. The quantitative estimate of drug-likeness (QED) is 0.747. The maximum atomic E-state index is 9.16. The Labute approximate surface area is 108 Å². The number of rotatable bonds is 7. The highest BCUT2D eigenvalue weighted by Gasteiger charge is 2.15. The Morgan fingerprint density at radius 1 is 1.39 bits per heavy atom. The van der Waals surface area contributed by atoms with E-state index in [4.69, 9.17) is 20.3 Å². The molecule has 0 amide bonds. The monoisotopic (exact) mass is 254 g/mol. The smallest absolute Gasteiger partial charge is 0.166 e. The fourth-order valence-corrected chi connectivity index (χ4v) is 1.57. The zero-order valence-electron chi connectivity index (χ0n) is 11.2. The van der Waals surface area contributed by atoms with E-state index in [9.17, 15) is 0 Å². The molecule has 3 N–H and O–H groups in total. The number of nitrogens with two attached hydrogens (primary N) is 1. The van der Waals surface area contributed by atoms with Crippen LogP contribution in [-0.4, -0.2) is 51.0 Å². The third kappa shape index (κ3) is 3.87. The van der Waals surface area contributed by atoms with Gasteiger partial charge in [-0.1, -0.05) is 12.1 Å². The van der Waals surface area contributed by atoms with Crippen LogP contribution in [-0.2, 0) is 0 Å². The average molecular weight is 254 g/mol. The summed E-state index contributed by atoms with van der Waals surface area (Å²) in [6.07, 6.45) is 0. The number of likely N-dealkylation sites (N-methyl/N-ethyl adjacent to an activating group) is 1. The fraction of sp³-hybridized carbons (Fsp3) is 0.538. The van der Waals surface area contributed by atoms with E-state index in [0.717, 1.165) is 12.1 Å². The highest BCUT2D eigenvalue weighted by molar-refractivity contribution is 5.48. The Morgan fingerprint density at radius 3 is 2.67 bits per heavy atom. The van der Waals surface area contributed by atoms with Gasteiger partial charge in [0.25, 0.3) is 0 Å². The molecule has 0 saturated carbocycles. The minimum atomic E-state index is -0.463. The topological polar surface area (TPSA) is 68.0 Å². The molecule has 0 unspecified atom stereocenters. The number of aliphatic hydroxyl groups is 1. The van der Waals surface area contributed by atoms with Crippen LogP contribution in [0.25, 0.3) is 0 Å². The molecule has 102 valence electrons. The normalized spacial score (nSPS) is 12.6. The van der Waals surface area contributed by atoms with Crippen molar-refractivity contribution in [1.82, 2.24) is 4.90 Å². The zero-order valence-corrected chi connectivity index (χ0v) is 11.2. The van der Waals surface area contributed by atoms with Gasteiger partial charge in [-0.2, -0.15) is 0 Å². The molecule has 0 aliphatic heterocycles. The van der Waals surface area contributed by atoms with E-state index in [1.807, 2.05) is 37.2 Å². The van der Waals surface area contributed by atoms with Gasteiger partial charge in [0.2, 0.25) is 0 Å². The van der Waals surface area contributed by atoms with Crippen molar-refractivity contribution in [2.45, 2.75) is 6.04 Å². The van der Waals surface area contributed by atoms with E-state index in [-0.39, 0.29) is 6.61 Å². The molecule has 18 heavy (non-hydrogen) atoms. The number of nitrogens with zero attached hydrogens (tertiary/aromatic N) is 1. The van der Waals surface area contributed by atoms with E-state index < -0.39 is 6.04 Å². The molecule has 1 aromatic rings. The Morgan fingerprint density at radius 2 is 2.11 bits per heavy atom. The molecule has 5 heteroatoms. The van der Waals surface area contributed by atoms with Crippen LogP contribution in [0.3, 0.4) is 0 Å². The van der Waals surface area contributed by atoms with Crippen LogP contribution in [0.1, 0.15) is 11.6 Å². The van der Waals surface area contributed by atoms with E-state index in [1.54, 1.807) is 7.11 Å². The molecular formula is C13H22N2O3. The maximum Gasteiger partial charge on any atom is 0.166 e. The van der Waals surface area contributed by atoms with Gasteiger partial charge in [-0.05, 0) is 20.2 Å². The maximum absolute atomic E-state index is 9.16. The minimum Gasteiger partial charge on any atom is -0.493 e. The summed E-state index contributed by atoms with van der Waals surface area (Å²) in [5.41, 5.74) is 6.61. The second-order valence-electron chi connectivity index (χ2n) is 4.32. The number of hydrogen-bond acceptors (Lipinski definition) is 5. The van der Waals surface area contributed by atoms with Crippen molar-refractivity contribution in [3.63, 3.8) is 0 Å². The lowest BCUT2D eigenvalue weighted by atomic mass is 10.1. The van der Waals surface area contributed by atoms with Gasteiger partial charge in [-0.25, -0.2) is 0 Å². The number of methoxy groups -OCH3 is 1. The lowest BCUT2D eigenvalue weighted by molar-refractivity contribution is 0.237. The van der Waals surface area contributed by atoms with E-state index in [0.29, 0.717) is 18.1 Å². The summed E-state index contributed by atoms with van der Waals surface area (Å²) < 4.78 is 11.0. The molecule has 0 spiro atoms. The molecule has 0 radical (unpaired) electrons. The largest absolute Gasteiger partial charge is 0.493 e. The van der Waals surface area contributed by atoms with E-state index >= 15 is 0 Å². The molecule has 0 aliphatic rings. The Hall–Kier alpha value is -1.30. The lowest BCUT2D eigenvalue weighted by Gasteiger charge is -2.19. The highest BCUT2D eigenvalue weighted by Crippen LogP contribution is 2.33. The average Bonchev–Trinajstić information content (AvgIpc) is 2.37. The predicted molar refractivity (Wildman–Crippen MR) is 71.1 cm³/mol. The van der Waals surface area contributed by atoms with Crippen molar-refractivity contribution in [2.75, 3.05) is 41.0 Å². The number of hydrogen-bond donors (Lipinski definition) is 2. The van der Waals surface area contributed by atoms with E-state index in [2.05, 4.69) is 0 Å². The predicted octanol–water partition coefficient (Wildman–Crippen LogP) is 0.628. The molecule has 5 nitrogen and oxygen atoms in total. The summed E-state index contributed by atoms with van der Waals surface area (Å²) in [6.45, 7) is 1.21. The SMILES string of the molecule is COc1cccc([C@@H](N)CO)c1OCCN(C)C. The molecule has 1 rings (SSSR count). The molecule has 0 fully saturated rings. The van der Waals surface area contributed by atoms with Crippen molar-refractivity contribution in [2.24, 2.45) is 5.73 Å². The van der Waals surface area contributed by atoms with Crippen LogP contribution in [0, 0.1) is 0 Å². The summed E-state index contributed by atoms with van der Waals surface area (Å²) in [5.74, 6) is 1.25. The molecule has 0 bridgehead atoms. The van der Waals surface area contributed by atoms with Crippen molar-refractivity contribution in [1.29, 1.82) is 0 Å². The summed E-state index contributed by atoms with van der Waals surface area (Å²) >= 11 is 0. The van der Waals surface area contributed by atoms with Gasteiger partial charge in [0.05, 0.1) is 19.8 Å². The van der Waals surface area contributed by atoms with Crippen molar-refractivity contribution in [3.05, 3.63) is 23.8 Å². The van der Waals surface area contributed by atoms with Crippen molar-refractivity contribution >= 4 is 0 Å². The van der Waals surface area contributed by atoms with Gasteiger partial charge in [-0.15, -0.1) is 0 Å². The Bertz CT molecular complexity index is 369. The molecule has 1 atom stereocenters. The van der Waals surface area contributed by atoms with Gasteiger partial charge in [-0.3, -0.25) is 0 Å². The Balaban J connectivity index is 2.89. The third-order valence-corrected chi connectivity index (χ3v) is 2.61. The first-order chi connectivity index (χ1) is 8.60. The second-order valence-corrected chi connectivity index (χ2v) is 4.32. The first-order valence-electron chi connectivity index (χ1n) is 5.91. The molecule has 0 heterocycles. The number of ether oxygens (including phenoxy) is 2. The van der Waals surface area contributed by atoms with Gasteiger partial charge in [0, 0.05) is 12.1 Å². The first-order valence-corrected chi connectivity index (χ1v) is 5.91. The molecule has 0 saturated heterocycles. The summed E-state index contributed by atoms with van der Waals surface area (Å²) in [6, 6.07) is 5.03. The summed E-state index contributed by atoms with van der Waals surface area (Å²) in [4.78, 5) is 2.03. The second kappa shape index (κ2) is 7.20. The van der Waals surface area contributed by atoms with Gasteiger partial charge in [0.1, 0.15) is 6.61 Å². The van der Waals surface area contributed by atoms with Crippen LogP contribution in [0.15, 0.2) is 18.2 Å². The number of benzene rings is 1. The van der Waals surface area contributed by atoms with Crippen molar-refractivity contribution < 1.29 is 14.6 Å². The fourth-order valence-electron chi connectivity index (χ4n) is 1.57. The van der Waals surface area contributed by atoms with Crippen LogP contribution < -0.4 is 15.2 Å². The molecule has 0 aromatic heterocycles. The zero-order chi connectivity index (χ0) is 13.5. The van der Waals surface area contributed by atoms with Crippen LogP contribution in [0.5, 0.6) is 11.5 Å². The number of aliphatic hydroxyl groups excluding tert-OH is 1. The number of para-hydroxylation sites is 1. The minimum absolute atomic E-state index is 0.128. The molecule has 1 aromatic carbocycles. The highest BCUT2D eigenvalue weighted by atomic mass is 16.5. The molecule has 0 aliphatic carbocycles. The third-order valence-electron chi connectivity index (χ3n) is 2.61. The van der Waals surface area contributed by atoms with E-state index in [1.165, 1.54) is 0 Å². The molecular weight excluding hydrogens is 232 g/mol. The summed E-state index contributed by atoms with van der Waals surface area (Å²) in [5, 5.41) is 9.16. The van der Waals surface area contributed by atoms with Crippen LogP contribution in [0.2, 0.25) is 0 Å². The van der Waals surface area contributed by atoms with Gasteiger partial charge < -0.3 is 25.2 Å². The standard InChI is InChI=1S/C13H22N2O3/c1-15(2)7-8-18-13-10(11(14)9-16)5-4-6-12(13)17-3/h4-6,11,16H,7-9,14H2,1-3H3/t11-/m0/s1. The lowest BCUT2D eigenvalue weighted by Crippen LogP contribution is -2.21. The van der Waals surface area contributed by atoms with Crippen LogP contribution >= 0.6 is 0 Å². The Kier molecular flexibility index (Phi) is 5.91. The van der Waals surface area contributed by atoms with Gasteiger partial charge in [0.15, 0.2) is 11.5 Å². The van der Waals surface area contributed by atoms with Gasteiger partial charge >= 0.3 is 0 Å². The van der Waals surface area contributed by atoms with Crippen LogP contribution in [0.4, 0.5) is 0 Å². The summed E-state index contributed by atoms with van der Waals surface area (Å²) in [7, 11) is 5.54. The van der Waals surface area contributed by atoms with Crippen molar-refractivity contribution in [3.8, 4) is 11.5 Å².